The van der Waals surface area contributed by atoms with Crippen molar-refractivity contribution in [2.45, 2.75) is 78.3 Å². The molecule has 2 amide bonds. The molecule has 0 bridgehead atoms. The first kappa shape index (κ1) is 30.3. The minimum Gasteiger partial charge on any atom is -0.384 e. The molecule has 0 aromatic heterocycles. The van der Waals surface area contributed by atoms with E-state index in [4.69, 9.17) is 4.74 Å². The Labute approximate surface area is 201 Å². The third kappa shape index (κ3) is 12.2. The van der Waals surface area contributed by atoms with Crippen LogP contribution in [0.5, 0.6) is 0 Å². The van der Waals surface area contributed by atoms with Crippen LogP contribution >= 0.6 is 0 Å². The summed E-state index contributed by atoms with van der Waals surface area (Å²) in [6.45, 7) is 16.1. The maximum Gasteiger partial charge on any atom is 0.243 e. The first-order valence-electron chi connectivity index (χ1n) is 12.0. The van der Waals surface area contributed by atoms with Crippen LogP contribution in [0, 0.1) is 0 Å². The number of rotatable bonds is 9. The third-order valence-corrected chi connectivity index (χ3v) is 5.28. The summed E-state index contributed by atoms with van der Waals surface area (Å²) in [5.41, 5.74) is 3.75. The Balaban J connectivity index is 0.000000973. The van der Waals surface area contributed by atoms with Gasteiger partial charge in [0, 0.05) is 20.1 Å². The lowest BCUT2D eigenvalue weighted by atomic mass is 9.97. The van der Waals surface area contributed by atoms with Gasteiger partial charge in [-0.3, -0.25) is 9.59 Å². The Kier molecular flexibility index (Phi) is 17.3. The molecule has 2 rings (SSSR count). The second-order valence-corrected chi connectivity index (χ2v) is 7.50. The van der Waals surface area contributed by atoms with Gasteiger partial charge in [-0.05, 0) is 44.6 Å². The standard InChI is InChI=1S/C19H26N2O3.C7H12.C2H6/c1-3-6-16-18(22)21-17(19(23)20-16)13-15-9-4-7-14(8-5-10-15)11-12-24-2;1-4-7(5-2)6-3;1-2/h3-4,8-10,16-17H,1,5-7,11-13H2,2H3,(H,20,23)(H,21,22);4-5H,1,6H2,2-3H3;1-2H3/b9-4-,14-8+,15-10?;7-5+;. The van der Waals surface area contributed by atoms with Gasteiger partial charge < -0.3 is 15.4 Å². The number of carbonyl (C=O) groups is 2. The number of ether oxygens (including phenoxy) is 1. The van der Waals surface area contributed by atoms with Crippen molar-refractivity contribution in [3.05, 3.63) is 72.4 Å². The van der Waals surface area contributed by atoms with Crippen molar-refractivity contribution in [2.24, 2.45) is 0 Å². The number of hydrogen-bond donors (Lipinski definition) is 2. The second-order valence-electron chi connectivity index (χ2n) is 7.50. The first-order valence-corrected chi connectivity index (χ1v) is 12.0. The molecule has 2 N–H and O–H groups in total. The summed E-state index contributed by atoms with van der Waals surface area (Å²) in [6.07, 6.45) is 18.8. The number of nitrogens with one attached hydrogen (secondary N) is 2. The van der Waals surface area contributed by atoms with Gasteiger partial charge in [-0.2, -0.15) is 0 Å². The number of hydrogen-bond acceptors (Lipinski definition) is 3. The molecule has 2 aliphatic rings. The van der Waals surface area contributed by atoms with Gasteiger partial charge in [0.1, 0.15) is 12.1 Å². The second kappa shape index (κ2) is 18.9. The predicted octanol–water partition coefficient (Wildman–Crippen LogP) is 5.73. The van der Waals surface area contributed by atoms with E-state index in [-0.39, 0.29) is 11.8 Å². The van der Waals surface area contributed by atoms with Crippen LogP contribution in [-0.2, 0) is 14.3 Å². The van der Waals surface area contributed by atoms with Crippen LogP contribution in [0.25, 0.3) is 0 Å². The van der Waals surface area contributed by atoms with Crippen molar-refractivity contribution < 1.29 is 14.3 Å². The van der Waals surface area contributed by atoms with Gasteiger partial charge in [0.2, 0.25) is 11.8 Å². The van der Waals surface area contributed by atoms with Gasteiger partial charge in [-0.25, -0.2) is 0 Å². The summed E-state index contributed by atoms with van der Waals surface area (Å²) < 4.78 is 5.11. The van der Waals surface area contributed by atoms with Crippen LogP contribution in [0.3, 0.4) is 0 Å². The van der Waals surface area contributed by atoms with Gasteiger partial charge in [0.25, 0.3) is 0 Å². The Morgan fingerprint density at radius 1 is 1.15 bits per heavy atom. The highest BCUT2D eigenvalue weighted by atomic mass is 16.5. The molecule has 2 atom stereocenters. The average molecular weight is 457 g/mol. The highest BCUT2D eigenvalue weighted by molar-refractivity contribution is 5.97. The molecule has 1 aliphatic heterocycles. The molecule has 1 saturated heterocycles. The van der Waals surface area contributed by atoms with Crippen molar-refractivity contribution in [1.29, 1.82) is 0 Å². The fourth-order valence-corrected chi connectivity index (χ4v) is 3.33. The minimum absolute atomic E-state index is 0.130. The molecule has 0 aromatic carbocycles. The van der Waals surface area contributed by atoms with Crippen molar-refractivity contribution in [1.82, 2.24) is 10.6 Å². The minimum atomic E-state index is -0.508. The summed E-state index contributed by atoms with van der Waals surface area (Å²) >= 11 is 0. The average Bonchev–Trinajstić information content (AvgIpc) is 2.81. The van der Waals surface area contributed by atoms with Crippen LogP contribution in [-0.4, -0.2) is 37.6 Å². The zero-order valence-electron chi connectivity index (χ0n) is 21.3. The SMILES string of the molecule is C=C/C(=C\C)CC.C=CCC1NC(=O)C(CC2=CC/C=C(/CCOC)C/C=C\2)NC1=O.CC. The summed E-state index contributed by atoms with van der Waals surface area (Å²) in [7, 11) is 1.71. The van der Waals surface area contributed by atoms with Crippen molar-refractivity contribution in [2.75, 3.05) is 13.7 Å². The van der Waals surface area contributed by atoms with Crippen LogP contribution < -0.4 is 10.6 Å². The van der Waals surface area contributed by atoms with Crippen LogP contribution in [0.2, 0.25) is 0 Å². The van der Waals surface area contributed by atoms with E-state index in [1.54, 1.807) is 13.2 Å². The summed E-state index contributed by atoms with van der Waals surface area (Å²) in [6, 6.07) is -1.01. The first-order chi connectivity index (χ1) is 16.0. The summed E-state index contributed by atoms with van der Waals surface area (Å²) in [4.78, 5) is 24.2. The maximum absolute atomic E-state index is 12.2. The van der Waals surface area contributed by atoms with Crippen molar-refractivity contribution >= 4 is 11.8 Å². The molecule has 33 heavy (non-hydrogen) atoms. The van der Waals surface area contributed by atoms with Crippen LogP contribution in [0.15, 0.2) is 72.4 Å². The summed E-state index contributed by atoms with van der Waals surface area (Å²) in [5.74, 6) is -0.272. The van der Waals surface area contributed by atoms with E-state index in [0.717, 1.165) is 37.9 Å². The monoisotopic (exact) mass is 456 g/mol. The Bertz CT molecular complexity index is 744. The van der Waals surface area contributed by atoms with E-state index in [0.29, 0.717) is 12.8 Å². The topological polar surface area (TPSA) is 67.4 Å². The highest BCUT2D eigenvalue weighted by Crippen LogP contribution is 2.18. The molecule has 5 nitrogen and oxygen atoms in total. The molecule has 1 fully saturated rings. The molecule has 0 radical (unpaired) electrons. The Hall–Kier alpha value is -2.66. The maximum atomic E-state index is 12.2. The van der Waals surface area contributed by atoms with E-state index >= 15 is 0 Å². The quantitative estimate of drug-likeness (QED) is 0.344. The van der Waals surface area contributed by atoms with Crippen LogP contribution in [0.1, 0.15) is 66.2 Å². The molecular weight excluding hydrogens is 412 g/mol. The fraction of sp³-hybridized carbons (Fsp3) is 0.500. The Morgan fingerprint density at radius 3 is 2.36 bits per heavy atom. The number of methoxy groups -OCH3 is 1. The zero-order valence-corrected chi connectivity index (χ0v) is 21.3. The van der Waals surface area contributed by atoms with Gasteiger partial charge >= 0.3 is 0 Å². The smallest absolute Gasteiger partial charge is 0.243 e. The number of amides is 2. The molecule has 0 saturated carbocycles. The van der Waals surface area contributed by atoms with Gasteiger partial charge in [0.05, 0.1) is 0 Å². The highest BCUT2D eigenvalue weighted by Gasteiger charge is 2.32. The normalized spacial score (nSPS) is 22.8. The molecule has 0 aromatic rings. The van der Waals surface area contributed by atoms with Gasteiger partial charge in [0.15, 0.2) is 0 Å². The van der Waals surface area contributed by atoms with E-state index in [1.807, 2.05) is 26.8 Å². The molecule has 0 spiro atoms. The lowest BCUT2D eigenvalue weighted by Crippen LogP contribution is -2.61. The molecule has 2 unspecified atom stereocenters. The molecule has 184 valence electrons. The van der Waals surface area contributed by atoms with Gasteiger partial charge in [-0.1, -0.05) is 81.0 Å². The lowest BCUT2D eigenvalue weighted by molar-refractivity contribution is -0.136. The van der Waals surface area contributed by atoms with Crippen LogP contribution in [0.4, 0.5) is 0 Å². The molecule has 1 heterocycles. The number of carbonyl (C=O) groups excluding carboxylic acids is 2. The fourth-order valence-electron chi connectivity index (χ4n) is 3.33. The van der Waals surface area contributed by atoms with Crippen molar-refractivity contribution in [3.8, 4) is 0 Å². The molecular formula is C28H44N2O3. The van der Waals surface area contributed by atoms with E-state index in [2.05, 4.69) is 61.1 Å². The lowest BCUT2D eigenvalue weighted by Gasteiger charge is -2.29. The van der Waals surface area contributed by atoms with Crippen molar-refractivity contribution in [3.63, 3.8) is 0 Å². The molecule has 5 heteroatoms. The number of allylic oxidation sites excluding steroid dienone is 7. The predicted molar refractivity (Wildman–Crippen MR) is 140 cm³/mol. The zero-order chi connectivity index (χ0) is 25.1. The van der Waals surface area contributed by atoms with E-state index < -0.39 is 12.1 Å². The number of piperazine rings is 1. The Morgan fingerprint density at radius 2 is 1.82 bits per heavy atom. The molecule has 1 aliphatic carbocycles. The largest absolute Gasteiger partial charge is 0.384 e. The van der Waals surface area contributed by atoms with Gasteiger partial charge in [-0.15, -0.1) is 6.58 Å². The third-order valence-electron chi connectivity index (χ3n) is 5.28. The van der Waals surface area contributed by atoms with E-state index in [1.165, 1.54) is 11.1 Å². The van der Waals surface area contributed by atoms with E-state index in [9.17, 15) is 9.59 Å². The summed E-state index contributed by atoms with van der Waals surface area (Å²) in [5, 5.41) is 5.58.